The third kappa shape index (κ3) is 7.24. The van der Waals surface area contributed by atoms with E-state index in [1.165, 1.54) is 13.0 Å². The zero-order chi connectivity index (χ0) is 20.6. The molecule has 0 aromatic rings. The van der Waals surface area contributed by atoms with Crippen molar-refractivity contribution < 1.29 is 29.3 Å². The third-order valence-corrected chi connectivity index (χ3v) is 4.10. The molecule has 0 radical (unpaired) electrons. The molecule has 0 aromatic heterocycles. The summed E-state index contributed by atoms with van der Waals surface area (Å²) in [6, 6.07) is -1.07. The summed E-state index contributed by atoms with van der Waals surface area (Å²) in [5.41, 5.74) is 0.00805. The fourth-order valence-electron chi connectivity index (χ4n) is 2.91. The van der Waals surface area contributed by atoms with Crippen molar-refractivity contribution in [3.8, 4) is 0 Å². The first-order valence-corrected chi connectivity index (χ1v) is 8.82. The van der Waals surface area contributed by atoms with Gasteiger partial charge in [-0.25, -0.2) is 9.59 Å². The summed E-state index contributed by atoms with van der Waals surface area (Å²) in [5.74, 6) is -1.42. The number of carbonyl (C=O) groups excluding carboxylic acids is 2. The van der Waals surface area contributed by atoms with Crippen LogP contribution in [0.2, 0.25) is 0 Å². The Morgan fingerprint density at radius 3 is 2.63 bits per heavy atom. The second kappa shape index (κ2) is 9.89. The number of hydrogen-bond acceptors (Lipinski definition) is 6. The largest absolute Gasteiger partial charge is 0.511 e. The highest BCUT2D eigenvalue weighted by Gasteiger charge is 2.34. The first-order valence-electron chi connectivity index (χ1n) is 8.82. The van der Waals surface area contributed by atoms with Gasteiger partial charge in [0.05, 0.1) is 5.57 Å². The van der Waals surface area contributed by atoms with Gasteiger partial charge in [0.1, 0.15) is 18.4 Å². The van der Waals surface area contributed by atoms with Crippen molar-refractivity contribution in [2.24, 2.45) is 10.4 Å². The van der Waals surface area contributed by atoms with Crippen LogP contribution in [-0.2, 0) is 14.3 Å². The molecule has 1 amide bonds. The van der Waals surface area contributed by atoms with Crippen molar-refractivity contribution in [3.63, 3.8) is 0 Å². The lowest BCUT2D eigenvalue weighted by atomic mass is 9.75. The molecule has 0 bridgehead atoms. The fraction of sp³-hybridized carbons (Fsp3) is 0.579. The molecule has 1 rings (SSSR count). The van der Waals surface area contributed by atoms with Crippen molar-refractivity contribution in [1.82, 2.24) is 5.32 Å². The maximum absolute atomic E-state index is 12.3. The van der Waals surface area contributed by atoms with Gasteiger partial charge in [0.25, 0.3) is 0 Å². The van der Waals surface area contributed by atoms with Crippen LogP contribution in [0.1, 0.15) is 46.5 Å². The molecule has 150 valence electrons. The monoisotopic (exact) mass is 380 g/mol. The summed E-state index contributed by atoms with van der Waals surface area (Å²) in [6.45, 7) is 9.05. The average molecular weight is 380 g/mol. The van der Waals surface area contributed by atoms with Gasteiger partial charge in [-0.2, -0.15) is 0 Å². The number of rotatable bonds is 9. The molecule has 3 N–H and O–H groups in total. The number of Topliss-reactive ketones (excluding diaryl/α,β-unsaturated/α-hetero) is 1. The van der Waals surface area contributed by atoms with E-state index in [4.69, 9.17) is 4.74 Å². The Labute approximate surface area is 159 Å². The predicted molar refractivity (Wildman–Crippen MR) is 101 cm³/mol. The van der Waals surface area contributed by atoms with Crippen LogP contribution in [0.5, 0.6) is 0 Å². The van der Waals surface area contributed by atoms with E-state index in [0.717, 1.165) is 0 Å². The number of nitrogens with zero attached hydrogens (tertiary/aromatic N) is 1. The molecule has 0 heterocycles. The molecule has 0 aliphatic heterocycles. The Kier molecular flexibility index (Phi) is 8.21. The van der Waals surface area contributed by atoms with Crippen LogP contribution in [0.4, 0.5) is 4.79 Å². The molecule has 8 heteroatoms. The standard InChI is InChI=1S/C19H28N2O6/c1-5-9-27-18(26)20-8-6-7-13(17(24)25)21-12(2)16-14(22)10-19(3,4)11-15(16)23/h5,13,22H,1,6-11H2,2-4H3,(H,20,26)(H,24,25). The van der Waals surface area contributed by atoms with E-state index in [1.807, 2.05) is 13.8 Å². The number of hydrogen-bond donors (Lipinski definition) is 3. The molecule has 0 spiro atoms. The number of alkyl carbamates (subject to hydrolysis) is 1. The molecule has 27 heavy (non-hydrogen) atoms. The van der Waals surface area contributed by atoms with Gasteiger partial charge in [-0.15, -0.1) is 0 Å². The first-order chi connectivity index (χ1) is 12.6. The summed E-state index contributed by atoms with van der Waals surface area (Å²) < 4.78 is 4.75. The molecule has 8 nitrogen and oxygen atoms in total. The molecule has 0 aromatic carbocycles. The number of aliphatic hydroxyl groups excluding tert-OH is 1. The maximum atomic E-state index is 12.3. The van der Waals surface area contributed by atoms with Crippen LogP contribution in [0.25, 0.3) is 0 Å². The van der Waals surface area contributed by atoms with Gasteiger partial charge in [-0.3, -0.25) is 9.79 Å². The molecule has 0 fully saturated rings. The Morgan fingerprint density at radius 2 is 2.07 bits per heavy atom. The number of aliphatic hydroxyl groups is 1. The van der Waals surface area contributed by atoms with E-state index in [-0.39, 0.29) is 54.2 Å². The Hall–Kier alpha value is -2.64. The highest BCUT2D eigenvalue weighted by Crippen LogP contribution is 2.36. The van der Waals surface area contributed by atoms with Crippen molar-refractivity contribution in [2.45, 2.75) is 52.5 Å². The smallest absolute Gasteiger partial charge is 0.407 e. The lowest BCUT2D eigenvalue weighted by Crippen LogP contribution is -2.30. The second-order valence-electron chi connectivity index (χ2n) is 7.29. The number of carboxylic acids is 1. The lowest BCUT2D eigenvalue weighted by molar-refractivity contribution is -0.138. The number of aliphatic carboxylic acids is 1. The number of ketones is 1. The molecular formula is C19H28N2O6. The van der Waals surface area contributed by atoms with Gasteiger partial charge in [0.15, 0.2) is 5.78 Å². The van der Waals surface area contributed by atoms with E-state index in [9.17, 15) is 24.6 Å². The Balaban J connectivity index is 2.72. The van der Waals surface area contributed by atoms with E-state index in [1.54, 1.807) is 0 Å². The SMILES string of the molecule is C=CCOC(=O)NCCCC(N=C(C)C1=C(O)CC(C)(C)CC1=O)C(=O)O. The fourth-order valence-corrected chi connectivity index (χ4v) is 2.91. The van der Waals surface area contributed by atoms with Crippen molar-refractivity contribution >= 4 is 23.6 Å². The number of aliphatic imine (C=N–C) groups is 1. The molecule has 0 saturated heterocycles. The van der Waals surface area contributed by atoms with E-state index in [2.05, 4.69) is 16.9 Å². The van der Waals surface area contributed by atoms with Crippen molar-refractivity contribution in [1.29, 1.82) is 0 Å². The minimum absolute atomic E-state index is 0.0479. The van der Waals surface area contributed by atoms with Gasteiger partial charge in [0.2, 0.25) is 0 Å². The van der Waals surface area contributed by atoms with Crippen LogP contribution in [0.15, 0.2) is 29.0 Å². The summed E-state index contributed by atoms with van der Waals surface area (Å²) in [7, 11) is 0. The molecule has 1 unspecified atom stereocenters. The molecular weight excluding hydrogens is 352 g/mol. The predicted octanol–water partition coefficient (Wildman–Crippen LogP) is 2.79. The number of allylic oxidation sites excluding steroid dienone is 2. The lowest BCUT2D eigenvalue weighted by Gasteiger charge is -2.29. The quantitative estimate of drug-likeness (QED) is 0.321. The van der Waals surface area contributed by atoms with Gasteiger partial charge in [-0.1, -0.05) is 26.5 Å². The molecule has 1 aliphatic rings. The average Bonchev–Trinajstić information content (AvgIpc) is 2.53. The summed E-state index contributed by atoms with van der Waals surface area (Å²) in [4.78, 5) is 39.2. The van der Waals surface area contributed by atoms with E-state index < -0.39 is 18.1 Å². The van der Waals surface area contributed by atoms with Crippen LogP contribution < -0.4 is 5.32 Å². The minimum Gasteiger partial charge on any atom is -0.511 e. The van der Waals surface area contributed by atoms with Crippen molar-refractivity contribution in [2.75, 3.05) is 13.2 Å². The van der Waals surface area contributed by atoms with Crippen LogP contribution >= 0.6 is 0 Å². The summed E-state index contributed by atoms with van der Waals surface area (Å²) >= 11 is 0. The normalized spacial score (nSPS) is 18.0. The van der Waals surface area contributed by atoms with E-state index >= 15 is 0 Å². The van der Waals surface area contributed by atoms with Gasteiger partial charge in [0, 0.05) is 25.1 Å². The minimum atomic E-state index is -1.13. The van der Waals surface area contributed by atoms with Crippen LogP contribution in [-0.4, -0.2) is 53.0 Å². The van der Waals surface area contributed by atoms with Gasteiger partial charge in [-0.05, 0) is 25.2 Å². The van der Waals surface area contributed by atoms with Crippen molar-refractivity contribution in [3.05, 3.63) is 24.0 Å². The van der Waals surface area contributed by atoms with Crippen LogP contribution in [0.3, 0.4) is 0 Å². The summed E-state index contributed by atoms with van der Waals surface area (Å²) in [6.07, 6.45) is 1.98. The highest BCUT2D eigenvalue weighted by molar-refractivity contribution is 6.22. The first kappa shape index (κ1) is 22.4. The topological polar surface area (TPSA) is 125 Å². The number of nitrogens with one attached hydrogen (secondary N) is 1. The molecule has 1 aliphatic carbocycles. The molecule has 1 atom stereocenters. The zero-order valence-electron chi connectivity index (χ0n) is 16.1. The van der Waals surface area contributed by atoms with Gasteiger partial charge >= 0.3 is 12.1 Å². The highest BCUT2D eigenvalue weighted by atomic mass is 16.5. The van der Waals surface area contributed by atoms with Crippen LogP contribution in [0, 0.1) is 5.41 Å². The van der Waals surface area contributed by atoms with E-state index in [0.29, 0.717) is 12.8 Å². The summed E-state index contributed by atoms with van der Waals surface area (Å²) in [5, 5.41) is 22.1. The van der Waals surface area contributed by atoms with Gasteiger partial charge < -0.3 is 20.3 Å². The maximum Gasteiger partial charge on any atom is 0.407 e. The Bertz CT molecular complexity index is 663. The zero-order valence-corrected chi connectivity index (χ0v) is 16.1. The number of carbonyl (C=O) groups is 3. The number of amides is 1. The number of ether oxygens (including phenoxy) is 1. The Morgan fingerprint density at radius 1 is 1.41 bits per heavy atom. The molecule has 0 saturated carbocycles. The number of carboxylic acid groups (broad SMARTS) is 1. The third-order valence-electron chi connectivity index (χ3n) is 4.10. The second-order valence-corrected chi connectivity index (χ2v) is 7.29.